The van der Waals surface area contributed by atoms with Gasteiger partial charge < -0.3 is 10.4 Å². The lowest BCUT2D eigenvalue weighted by atomic mass is 9.86. The van der Waals surface area contributed by atoms with Crippen molar-refractivity contribution in [1.29, 1.82) is 0 Å². The van der Waals surface area contributed by atoms with Crippen molar-refractivity contribution in [1.82, 2.24) is 10.3 Å². The van der Waals surface area contributed by atoms with E-state index < -0.39 is 0 Å². The molecule has 0 radical (unpaired) electrons. The van der Waals surface area contributed by atoms with E-state index in [4.69, 9.17) is 0 Å². The molecular weight excluding hydrogens is 244 g/mol. The van der Waals surface area contributed by atoms with Crippen LogP contribution in [0.2, 0.25) is 0 Å². The molecule has 1 aliphatic carbocycles. The fourth-order valence-electron chi connectivity index (χ4n) is 2.30. The van der Waals surface area contributed by atoms with E-state index in [-0.39, 0.29) is 12.1 Å². The van der Waals surface area contributed by atoms with E-state index >= 15 is 0 Å². The Labute approximate surface area is 114 Å². The number of hydrogen-bond acceptors (Lipinski definition) is 4. The molecule has 0 aliphatic heterocycles. The molecule has 0 saturated heterocycles. The number of aromatic nitrogens is 1. The van der Waals surface area contributed by atoms with Gasteiger partial charge in [0.1, 0.15) is 0 Å². The second-order valence-electron chi connectivity index (χ2n) is 5.29. The highest BCUT2D eigenvalue weighted by Gasteiger charge is 2.25. The molecule has 4 heteroatoms. The fraction of sp³-hybridized carbons (Fsp3) is 0.786. The van der Waals surface area contributed by atoms with Crippen LogP contribution in [0.5, 0.6) is 0 Å². The number of thiazole rings is 1. The molecule has 1 heterocycles. The number of aliphatic hydroxyl groups excluding tert-OH is 1. The van der Waals surface area contributed by atoms with Crippen molar-refractivity contribution in [3.05, 3.63) is 16.1 Å². The van der Waals surface area contributed by atoms with Gasteiger partial charge in [0.05, 0.1) is 11.6 Å². The van der Waals surface area contributed by atoms with E-state index in [0.717, 1.165) is 25.3 Å². The van der Waals surface area contributed by atoms with Gasteiger partial charge in [0.15, 0.2) is 0 Å². The van der Waals surface area contributed by atoms with Gasteiger partial charge in [0, 0.05) is 29.1 Å². The van der Waals surface area contributed by atoms with Gasteiger partial charge in [-0.05, 0) is 25.7 Å². The normalized spacial score (nSPS) is 16.8. The van der Waals surface area contributed by atoms with Crippen LogP contribution >= 0.6 is 11.3 Å². The Kier molecular flexibility index (Phi) is 4.76. The Bertz CT molecular complexity index is 361. The maximum atomic E-state index is 9.52. The standard InChI is InChI=1S/C14H24N2OS/c1-3-14(4-2,10-17)16-9-12-8-15-13(18-12)11-6-5-7-11/h8,11,16-17H,3-7,9-10H2,1-2H3. The van der Waals surface area contributed by atoms with Gasteiger partial charge in [-0.25, -0.2) is 4.98 Å². The van der Waals surface area contributed by atoms with Gasteiger partial charge in [-0.1, -0.05) is 20.3 Å². The second-order valence-corrected chi connectivity index (χ2v) is 6.44. The van der Waals surface area contributed by atoms with Gasteiger partial charge in [-0.2, -0.15) is 0 Å². The van der Waals surface area contributed by atoms with Crippen LogP contribution in [0.15, 0.2) is 6.20 Å². The summed E-state index contributed by atoms with van der Waals surface area (Å²) in [6.07, 6.45) is 7.88. The third-order valence-corrected chi connectivity index (χ3v) is 5.48. The van der Waals surface area contributed by atoms with E-state index in [0.29, 0.717) is 0 Å². The molecule has 2 rings (SSSR count). The smallest absolute Gasteiger partial charge is 0.0959 e. The van der Waals surface area contributed by atoms with Gasteiger partial charge >= 0.3 is 0 Å². The topological polar surface area (TPSA) is 45.1 Å². The van der Waals surface area contributed by atoms with Gasteiger partial charge in [0.25, 0.3) is 0 Å². The highest BCUT2D eigenvalue weighted by Crippen LogP contribution is 2.38. The Morgan fingerprint density at radius 1 is 1.44 bits per heavy atom. The third-order valence-electron chi connectivity index (χ3n) is 4.32. The SMILES string of the molecule is CCC(CC)(CO)NCc1cnc(C2CCC2)s1. The minimum atomic E-state index is -0.124. The fourth-order valence-corrected chi connectivity index (χ4v) is 3.33. The Morgan fingerprint density at radius 3 is 2.67 bits per heavy atom. The molecule has 0 spiro atoms. The molecule has 0 atom stereocenters. The lowest BCUT2D eigenvalue weighted by Gasteiger charge is -2.30. The summed E-state index contributed by atoms with van der Waals surface area (Å²) in [7, 11) is 0. The van der Waals surface area contributed by atoms with Crippen molar-refractivity contribution in [2.45, 2.75) is 64.0 Å². The molecule has 18 heavy (non-hydrogen) atoms. The molecule has 1 fully saturated rings. The van der Waals surface area contributed by atoms with Crippen molar-refractivity contribution in [2.24, 2.45) is 0 Å². The summed E-state index contributed by atoms with van der Waals surface area (Å²) < 4.78 is 0. The molecule has 1 aromatic heterocycles. The Morgan fingerprint density at radius 2 is 2.17 bits per heavy atom. The first kappa shape index (κ1) is 14.0. The van der Waals surface area contributed by atoms with Crippen LogP contribution in [-0.2, 0) is 6.54 Å². The molecule has 0 bridgehead atoms. The molecule has 3 nitrogen and oxygen atoms in total. The van der Waals surface area contributed by atoms with Crippen molar-refractivity contribution < 1.29 is 5.11 Å². The summed E-state index contributed by atoms with van der Waals surface area (Å²) >= 11 is 1.83. The zero-order valence-corrected chi connectivity index (χ0v) is 12.2. The number of rotatable bonds is 7. The number of nitrogens with one attached hydrogen (secondary N) is 1. The highest BCUT2D eigenvalue weighted by atomic mass is 32.1. The minimum Gasteiger partial charge on any atom is -0.394 e. The Hall–Kier alpha value is -0.450. The van der Waals surface area contributed by atoms with E-state index in [1.807, 2.05) is 17.5 Å². The molecule has 0 unspecified atom stereocenters. The largest absolute Gasteiger partial charge is 0.394 e. The predicted molar refractivity (Wildman–Crippen MR) is 75.9 cm³/mol. The summed E-state index contributed by atoms with van der Waals surface area (Å²) in [6, 6.07) is 0. The van der Waals surface area contributed by atoms with E-state index in [9.17, 15) is 5.11 Å². The van der Waals surface area contributed by atoms with Crippen LogP contribution in [0.3, 0.4) is 0 Å². The number of aliphatic hydroxyl groups is 1. The number of nitrogens with zero attached hydrogens (tertiary/aromatic N) is 1. The van der Waals surface area contributed by atoms with Gasteiger partial charge in [-0.15, -0.1) is 11.3 Å². The van der Waals surface area contributed by atoms with Crippen LogP contribution in [-0.4, -0.2) is 22.2 Å². The van der Waals surface area contributed by atoms with E-state index in [1.165, 1.54) is 29.1 Å². The predicted octanol–water partition coefficient (Wildman–Crippen LogP) is 3.05. The molecular formula is C14H24N2OS. The van der Waals surface area contributed by atoms with Crippen LogP contribution in [0, 0.1) is 0 Å². The van der Waals surface area contributed by atoms with Crippen molar-refractivity contribution in [3.63, 3.8) is 0 Å². The summed E-state index contributed by atoms with van der Waals surface area (Å²) in [5.74, 6) is 0.726. The van der Waals surface area contributed by atoms with Crippen LogP contribution in [0.1, 0.15) is 61.8 Å². The van der Waals surface area contributed by atoms with Crippen LogP contribution in [0.4, 0.5) is 0 Å². The second kappa shape index (κ2) is 6.13. The summed E-state index contributed by atoms with van der Waals surface area (Å²) in [4.78, 5) is 5.82. The summed E-state index contributed by atoms with van der Waals surface area (Å²) in [5.41, 5.74) is -0.124. The van der Waals surface area contributed by atoms with Crippen molar-refractivity contribution in [3.8, 4) is 0 Å². The van der Waals surface area contributed by atoms with Gasteiger partial charge in [-0.3, -0.25) is 0 Å². The first-order chi connectivity index (χ1) is 8.73. The van der Waals surface area contributed by atoms with Crippen molar-refractivity contribution >= 4 is 11.3 Å². The molecule has 1 aliphatic rings. The lowest BCUT2D eigenvalue weighted by Crippen LogP contribution is -2.46. The third kappa shape index (κ3) is 2.92. The van der Waals surface area contributed by atoms with Crippen LogP contribution in [0.25, 0.3) is 0 Å². The zero-order valence-electron chi connectivity index (χ0n) is 11.4. The first-order valence-electron chi connectivity index (χ1n) is 7.03. The maximum absolute atomic E-state index is 9.52. The molecule has 102 valence electrons. The average molecular weight is 268 g/mol. The highest BCUT2D eigenvalue weighted by molar-refractivity contribution is 7.11. The summed E-state index contributed by atoms with van der Waals surface area (Å²) in [5, 5.41) is 14.3. The van der Waals surface area contributed by atoms with Gasteiger partial charge in [0.2, 0.25) is 0 Å². The molecule has 2 N–H and O–H groups in total. The summed E-state index contributed by atoms with van der Waals surface area (Å²) in [6.45, 7) is 5.28. The molecule has 1 saturated carbocycles. The Balaban J connectivity index is 1.90. The number of hydrogen-bond donors (Lipinski definition) is 2. The first-order valence-corrected chi connectivity index (χ1v) is 7.85. The van der Waals surface area contributed by atoms with Crippen LogP contribution < -0.4 is 5.32 Å². The molecule has 1 aromatic rings. The monoisotopic (exact) mass is 268 g/mol. The quantitative estimate of drug-likeness (QED) is 0.799. The maximum Gasteiger partial charge on any atom is 0.0959 e. The van der Waals surface area contributed by atoms with E-state index in [2.05, 4.69) is 24.1 Å². The molecule has 0 amide bonds. The molecule has 0 aromatic carbocycles. The lowest BCUT2D eigenvalue weighted by molar-refractivity contribution is 0.150. The van der Waals surface area contributed by atoms with Crippen molar-refractivity contribution in [2.75, 3.05) is 6.61 Å². The minimum absolute atomic E-state index is 0.124. The zero-order chi connectivity index (χ0) is 13.0. The average Bonchev–Trinajstić information content (AvgIpc) is 2.78. The van der Waals surface area contributed by atoms with E-state index in [1.54, 1.807) is 0 Å².